The second-order valence-corrected chi connectivity index (χ2v) is 9.05. The van der Waals surface area contributed by atoms with E-state index in [1.54, 1.807) is 0 Å². The van der Waals surface area contributed by atoms with Gasteiger partial charge < -0.3 is 5.11 Å². The second kappa shape index (κ2) is 4.69. The van der Waals surface area contributed by atoms with Crippen LogP contribution in [0.5, 0.6) is 0 Å². The van der Waals surface area contributed by atoms with Crippen molar-refractivity contribution >= 4 is 5.78 Å². The van der Waals surface area contributed by atoms with Crippen LogP contribution in [0.4, 0.5) is 0 Å². The standard InChI is InChI=1S/C20H30O2/c1-12-10-14(21)11-13-4-5-15-16-6-7-18(22)19(16,2)9-8-17(15)20(12,13)3/h13-17,21H,1,4-11H2,2-3H3/t13-,14+,15-,16-,17-,19-,20-/m0/s1. The van der Waals surface area contributed by atoms with E-state index in [0.29, 0.717) is 29.5 Å². The predicted octanol–water partition coefficient (Wildman–Crippen LogP) is 4.13. The minimum atomic E-state index is -0.177. The second-order valence-electron chi connectivity index (χ2n) is 9.05. The van der Waals surface area contributed by atoms with Gasteiger partial charge in [-0.2, -0.15) is 0 Å². The van der Waals surface area contributed by atoms with E-state index in [4.69, 9.17) is 0 Å². The third kappa shape index (κ3) is 1.74. The van der Waals surface area contributed by atoms with E-state index in [9.17, 15) is 9.90 Å². The molecule has 0 heterocycles. The molecule has 1 N–H and O–H groups in total. The Labute approximate surface area is 134 Å². The summed E-state index contributed by atoms with van der Waals surface area (Å²) in [6.45, 7) is 9.08. The molecule has 0 saturated heterocycles. The first-order valence-corrected chi connectivity index (χ1v) is 9.27. The average molecular weight is 302 g/mol. The van der Waals surface area contributed by atoms with Gasteiger partial charge in [0, 0.05) is 11.8 Å². The van der Waals surface area contributed by atoms with Crippen LogP contribution < -0.4 is 0 Å². The number of hydrogen-bond donors (Lipinski definition) is 1. The van der Waals surface area contributed by atoms with Gasteiger partial charge in [-0.1, -0.05) is 26.0 Å². The number of Topliss-reactive ketones (excluding diaryl/α,β-unsaturated/α-hetero) is 1. The van der Waals surface area contributed by atoms with Gasteiger partial charge in [-0.3, -0.25) is 4.79 Å². The van der Waals surface area contributed by atoms with Crippen LogP contribution in [-0.4, -0.2) is 17.0 Å². The fraction of sp³-hybridized carbons (Fsp3) is 0.850. The number of aliphatic hydroxyl groups is 1. The van der Waals surface area contributed by atoms with Crippen molar-refractivity contribution in [2.45, 2.75) is 71.3 Å². The van der Waals surface area contributed by atoms with Crippen LogP contribution in [0.15, 0.2) is 12.2 Å². The Morgan fingerprint density at radius 1 is 1.14 bits per heavy atom. The lowest BCUT2D eigenvalue weighted by molar-refractivity contribution is -0.136. The van der Waals surface area contributed by atoms with Gasteiger partial charge in [0.05, 0.1) is 6.10 Å². The average Bonchev–Trinajstić information content (AvgIpc) is 2.77. The molecule has 4 saturated carbocycles. The summed E-state index contributed by atoms with van der Waals surface area (Å²) in [6, 6.07) is 0. The highest BCUT2D eigenvalue weighted by Crippen LogP contribution is 2.66. The first-order valence-electron chi connectivity index (χ1n) is 9.27. The van der Waals surface area contributed by atoms with Crippen molar-refractivity contribution in [3.05, 3.63) is 12.2 Å². The molecule has 0 aliphatic heterocycles. The van der Waals surface area contributed by atoms with E-state index in [0.717, 1.165) is 32.1 Å². The van der Waals surface area contributed by atoms with E-state index in [1.165, 1.54) is 24.8 Å². The molecule has 4 fully saturated rings. The van der Waals surface area contributed by atoms with Gasteiger partial charge in [0.1, 0.15) is 5.78 Å². The first-order chi connectivity index (χ1) is 10.4. The largest absolute Gasteiger partial charge is 0.393 e. The van der Waals surface area contributed by atoms with Crippen LogP contribution in [0.25, 0.3) is 0 Å². The molecule has 4 aliphatic carbocycles. The summed E-state index contributed by atoms with van der Waals surface area (Å²) >= 11 is 0. The third-order valence-corrected chi connectivity index (χ3v) is 8.41. The van der Waals surface area contributed by atoms with Crippen LogP contribution in [0.1, 0.15) is 65.2 Å². The molecule has 0 spiro atoms. The van der Waals surface area contributed by atoms with Crippen molar-refractivity contribution in [1.29, 1.82) is 0 Å². The van der Waals surface area contributed by atoms with Crippen molar-refractivity contribution in [2.75, 3.05) is 0 Å². The molecule has 0 amide bonds. The normalized spacial score (nSPS) is 54.6. The lowest BCUT2D eigenvalue weighted by atomic mass is 9.44. The van der Waals surface area contributed by atoms with Crippen LogP contribution in [0.3, 0.4) is 0 Å². The summed E-state index contributed by atoms with van der Waals surface area (Å²) in [5, 5.41) is 10.1. The number of ketones is 1. The summed E-state index contributed by atoms with van der Waals surface area (Å²) in [7, 11) is 0. The maximum absolute atomic E-state index is 12.4. The van der Waals surface area contributed by atoms with Gasteiger partial charge in [0.2, 0.25) is 0 Å². The SMILES string of the molecule is C=C1C[C@@H](O)C[C@@H]2CC[C@@H]3[C@H](CC[C@]4(C)C(=O)CC[C@@H]34)[C@@]12C. The number of fused-ring (bicyclic) bond motifs is 5. The van der Waals surface area contributed by atoms with E-state index in [1.807, 2.05) is 0 Å². The predicted molar refractivity (Wildman–Crippen MR) is 87.3 cm³/mol. The molecule has 4 aliphatic rings. The quantitative estimate of drug-likeness (QED) is 0.683. The Hall–Kier alpha value is -0.630. The molecule has 2 heteroatoms. The molecule has 22 heavy (non-hydrogen) atoms. The fourth-order valence-corrected chi connectivity index (χ4v) is 7.03. The molecular formula is C20H30O2. The van der Waals surface area contributed by atoms with Crippen molar-refractivity contribution < 1.29 is 9.90 Å². The van der Waals surface area contributed by atoms with Crippen molar-refractivity contribution in [1.82, 2.24) is 0 Å². The summed E-state index contributed by atoms with van der Waals surface area (Å²) in [5.41, 5.74) is 1.47. The summed E-state index contributed by atoms with van der Waals surface area (Å²) in [4.78, 5) is 12.4. The highest BCUT2D eigenvalue weighted by Gasteiger charge is 2.60. The molecule has 0 aromatic heterocycles. The molecule has 122 valence electrons. The fourth-order valence-electron chi connectivity index (χ4n) is 7.03. The Bertz CT molecular complexity index is 524. The zero-order chi connectivity index (χ0) is 15.7. The lowest BCUT2D eigenvalue weighted by Crippen LogP contribution is -2.54. The zero-order valence-electron chi connectivity index (χ0n) is 14.1. The van der Waals surface area contributed by atoms with Gasteiger partial charge in [-0.25, -0.2) is 0 Å². The smallest absolute Gasteiger partial charge is 0.139 e. The third-order valence-electron chi connectivity index (χ3n) is 8.41. The molecule has 0 unspecified atom stereocenters. The van der Waals surface area contributed by atoms with Gasteiger partial charge in [-0.15, -0.1) is 0 Å². The minimum absolute atomic E-state index is 0.0279. The first kappa shape index (κ1) is 14.9. The van der Waals surface area contributed by atoms with Crippen LogP contribution in [0, 0.1) is 34.5 Å². The Morgan fingerprint density at radius 2 is 1.91 bits per heavy atom. The zero-order valence-corrected chi connectivity index (χ0v) is 14.1. The number of carbonyl (C=O) groups excluding carboxylic acids is 1. The maximum Gasteiger partial charge on any atom is 0.139 e. The van der Waals surface area contributed by atoms with Crippen LogP contribution in [0.2, 0.25) is 0 Å². The highest BCUT2D eigenvalue weighted by molar-refractivity contribution is 5.87. The van der Waals surface area contributed by atoms with Gasteiger partial charge in [0.25, 0.3) is 0 Å². The van der Waals surface area contributed by atoms with E-state index >= 15 is 0 Å². The van der Waals surface area contributed by atoms with Crippen LogP contribution in [-0.2, 0) is 4.79 Å². The number of carbonyl (C=O) groups is 1. The molecule has 7 atom stereocenters. The molecular weight excluding hydrogens is 272 g/mol. The van der Waals surface area contributed by atoms with Crippen molar-refractivity contribution in [2.24, 2.45) is 34.5 Å². The van der Waals surface area contributed by atoms with E-state index in [2.05, 4.69) is 20.4 Å². The summed E-state index contributed by atoms with van der Waals surface area (Å²) < 4.78 is 0. The molecule has 0 aromatic carbocycles. The maximum atomic E-state index is 12.4. The monoisotopic (exact) mass is 302 g/mol. The Morgan fingerprint density at radius 3 is 2.68 bits per heavy atom. The van der Waals surface area contributed by atoms with Crippen molar-refractivity contribution in [3.63, 3.8) is 0 Å². The Balaban J connectivity index is 1.69. The lowest BCUT2D eigenvalue weighted by Gasteiger charge is -2.60. The minimum Gasteiger partial charge on any atom is -0.393 e. The number of hydrogen-bond acceptors (Lipinski definition) is 2. The summed E-state index contributed by atoms with van der Waals surface area (Å²) in [5.74, 6) is 3.14. The van der Waals surface area contributed by atoms with Crippen molar-refractivity contribution in [3.8, 4) is 0 Å². The molecule has 0 aromatic rings. The van der Waals surface area contributed by atoms with Crippen LogP contribution >= 0.6 is 0 Å². The number of rotatable bonds is 0. The topological polar surface area (TPSA) is 37.3 Å². The molecule has 0 bridgehead atoms. The van der Waals surface area contributed by atoms with Gasteiger partial charge >= 0.3 is 0 Å². The highest BCUT2D eigenvalue weighted by atomic mass is 16.3. The van der Waals surface area contributed by atoms with Gasteiger partial charge in [-0.05, 0) is 74.0 Å². The van der Waals surface area contributed by atoms with E-state index in [-0.39, 0.29) is 16.9 Å². The Kier molecular flexibility index (Phi) is 3.18. The molecule has 0 radical (unpaired) electrons. The molecule has 2 nitrogen and oxygen atoms in total. The van der Waals surface area contributed by atoms with E-state index < -0.39 is 0 Å². The summed E-state index contributed by atoms with van der Waals surface area (Å²) in [6.07, 6.45) is 8.24. The number of aliphatic hydroxyl groups excluding tert-OH is 1. The van der Waals surface area contributed by atoms with Gasteiger partial charge in [0.15, 0.2) is 0 Å². The molecule has 4 rings (SSSR count).